The molecular weight excluding hydrogens is 288 g/mol. The second kappa shape index (κ2) is 6.28. The maximum absolute atomic E-state index is 12.2. The van der Waals surface area contributed by atoms with E-state index in [2.05, 4.69) is 17.0 Å². The zero-order chi connectivity index (χ0) is 15.6. The molecule has 7 heteroatoms. The van der Waals surface area contributed by atoms with E-state index in [-0.39, 0.29) is 5.91 Å². The van der Waals surface area contributed by atoms with Crippen molar-refractivity contribution in [3.63, 3.8) is 0 Å². The minimum atomic E-state index is -0.174. The van der Waals surface area contributed by atoms with Gasteiger partial charge in [-0.15, -0.1) is 11.3 Å². The predicted molar refractivity (Wildman–Crippen MR) is 85.7 cm³/mol. The molecule has 0 fully saturated rings. The van der Waals surface area contributed by atoms with Gasteiger partial charge in [0.1, 0.15) is 9.71 Å². The molecule has 2 rings (SSSR count). The van der Waals surface area contributed by atoms with E-state index in [1.54, 1.807) is 4.68 Å². The summed E-state index contributed by atoms with van der Waals surface area (Å²) in [6, 6.07) is 0. The second-order valence-electron chi connectivity index (χ2n) is 5.00. The maximum atomic E-state index is 12.2. The van der Waals surface area contributed by atoms with Crippen LogP contribution in [0.2, 0.25) is 0 Å². The van der Waals surface area contributed by atoms with Crippen LogP contribution in [0, 0.1) is 6.92 Å². The molecule has 0 atom stereocenters. The first kappa shape index (κ1) is 15.5. The van der Waals surface area contributed by atoms with Gasteiger partial charge in [0.05, 0.1) is 30.0 Å². The molecule has 0 aliphatic carbocycles. The van der Waals surface area contributed by atoms with Crippen molar-refractivity contribution in [3.05, 3.63) is 22.7 Å². The van der Waals surface area contributed by atoms with Gasteiger partial charge in [-0.2, -0.15) is 5.10 Å². The summed E-state index contributed by atoms with van der Waals surface area (Å²) in [6.07, 6.45) is 0. The molecule has 3 N–H and O–H groups in total. The van der Waals surface area contributed by atoms with Gasteiger partial charge in [0.25, 0.3) is 5.91 Å². The number of fused-ring (bicyclic) bond motifs is 1. The Bertz CT molecular complexity index is 687. The van der Waals surface area contributed by atoms with Crippen LogP contribution in [0.25, 0.3) is 10.2 Å². The molecule has 21 heavy (non-hydrogen) atoms. The normalized spacial score (nSPS) is 11.0. The van der Waals surface area contributed by atoms with Crippen molar-refractivity contribution in [1.82, 2.24) is 15.1 Å². The molecule has 0 bridgehead atoms. The van der Waals surface area contributed by atoms with E-state index in [4.69, 9.17) is 10.5 Å². The number of carbonyl (C=O) groups excluding carboxylic acids is 1. The molecule has 114 valence electrons. The molecule has 0 saturated carbocycles. The number of nitrogens with one attached hydrogen (secondary N) is 1. The molecule has 6 nitrogen and oxygen atoms in total. The summed E-state index contributed by atoms with van der Waals surface area (Å²) < 4.78 is 7.09. The van der Waals surface area contributed by atoms with Crippen molar-refractivity contribution in [1.29, 1.82) is 0 Å². The van der Waals surface area contributed by atoms with Crippen LogP contribution in [0.15, 0.2) is 12.2 Å². The molecule has 0 unspecified atom stereocenters. The Labute approximate surface area is 127 Å². The molecule has 0 aromatic carbocycles. The number of nitrogens with zero attached hydrogens (tertiary/aromatic N) is 2. The smallest absolute Gasteiger partial charge is 0.263 e. The zero-order valence-corrected chi connectivity index (χ0v) is 13.3. The highest BCUT2D eigenvalue weighted by molar-refractivity contribution is 7.21. The van der Waals surface area contributed by atoms with Crippen LogP contribution in [0.1, 0.15) is 22.3 Å². The van der Waals surface area contributed by atoms with Crippen LogP contribution in [0.3, 0.4) is 0 Å². The van der Waals surface area contributed by atoms with E-state index in [1.165, 1.54) is 11.3 Å². The van der Waals surface area contributed by atoms with Crippen molar-refractivity contribution in [2.75, 3.05) is 25.5 Å². The Kier molecular flexibility index (Phi) is 4.64. The molecule has 2 aromatic rings. The number of anilines is 1. The van der Waals surface area contributed by atoms with Crippen LogP contribution in [0.5, 0.6) is 0 Å². The fourth-order valence-electron chi connectivity index (χ4n) is 2.06. The van der Waals surface area contributed by atoms with Crippen LogP contribution >= 0.6 is 11.3 Å². The van der Waals surface area contributed by atoms with E-state index in [0.29, 0.717) is 30.3 Å². The van der Waals surface area contributed by atoms with Crippen molar-refractivity contribution in [2.45, 2.75) is 13.8 Å². The van der Waals surface area contributed by atoms with Gasteiger partial charge in [-0.1, -0.05) is 12.2 Å². The highest BCUT2D eigenvalue weighted by Crippen LogP contribution is 2.35. The third-order valence-corrected chi connectivity index (χ3v) is 4.24. The Morgan fingerprint density at radius 2 is 2.29 bits per heavy atom. The molecule has 1 amide bonds. The number of aryl methyl sites for hydroxylation is 2. The van der Waals surface area contributed by atoms with E-state index in [9.17, 15) is 4.79 Å². The van der Waals surface area contributed by atoms with Gasteiger partial charge in [0.15, 0.2) is 0 Å². The molecule has 0 aliphatic heterocycles. The highest BCUT2D eigenvalue weighted by atomic mass is 32.1. The summed E-state index contributed by atoms with van der Waals surface area (Å²) >= 11 is 1.36. The van der Waals surface area contributed by atoms with Gasteiger partial charge >= 0.3 is 0 Å². The van der Waals surface area contributed by atoms with Crippen LogP contribution in [0.4, 0.5) is 5.69 Å². The topological polar surface area (TPSA) is 82.2 Å². The molecule has 0 spiro atoms. The fraction of sp³-hybridized carbons (Fsp3) is 0.429. The number of nitrogen functional groups attached to an aromatic ring is 1. The number of rotatable bonds is 6. The molecule has 0 aliphatic rings. The maximum Gasteiger partial charge on any atom is 0.263 e. The van der Waals surface area contributed by atoms with Crippen molar-refractivity contribution >= 4 is 33.1 Å². The fourth-order valence-corrected chi connectivity index (χ4v) is 3.16. The first-order valence-electron chi connectivity index (χ1n) is 6.63. The SMILES string of the molecule is C=C(C)COCCNC(=O)c1sc2c(c(C)nn2C)c1N. The minimum Gasteiger partial charge on any atom is -0.397 e. The highest BCUT2D eigenvalue weighted by Gasteiger charge is 2.20. The van der Waals surface area contributed by atoms with Gasteiger partial charge in [0, 0.05) is 13.6 Å². The lowest BCUT2D eigenvalue weighted by atomic mass is 10.2. The summed E-state index contributed by atoms with van der Waals surface area (Å²) in [4.78, 5) is 13.6. The summed E-state index contributed by atoms with van der Waals surface area (Å²) in [5.74, 6) is -0.174. The van der Waals surface area contributed by atoms with Crippen LogP contribution in [-0.2, 0) is 11.8 Å². The zero-order valence-electron chi connectivity index (χ0n) is 12.5. The third kappa shape index (κ3) is 3.25. The van der Waals surface area contributed by atoms with Gasteiger partial charge in [-0.25, -0.2) is 0 Å². The average Bonchev–Trinajstić information content (AvgIpc) is 2.88. The van der Waals surface area contributed by atoms with Crippen molar-refractivity contribution < 1.29 is 9.53 Å². The number of carbonyl (C=O) groups is 1. The number of hydrogen-bond donors (Lipinski definition) is 2. The molecule has 2 heterocycles. The Morgan fingerprint density at radius 3 is 2.90 bits per heavy atom. The van der Waals surface area contributed by atoms with E-state index >= 15 is 0 Å². The third-order valence-electron chi connectivity index (χ3n) is 2.97. The Hall–Kier alpha value is -1.86. The van der Waals surface area contributed by atoms with Crippen molar-refractivity contribution in [3.8, 4) is 0 Å². The second-order valence-corrected chi connectivity index (χ2v) is 6.00. The number of nitrogens with two attached hydrogens (primary N) is 1. The quantitative estimate of drug-likeness (QED) is 0.630. The van der Waals surface area contributed by atoms with Gasteiger partial charge in [-0.3, -0.25) is 9.48 Å². The van der Waals surface area contributed by atoms with Crippen molar-refractivity contribution in [2.24, 2.45) is 7.05 Å². The minimum absolute atomic E-state index is 0.174. The molecular formula is C14H20N4O2S. The van der Waals surface area contributed by atoms with E-state index in [1.807, 2.05) is 20.9 Å². The Balaban J connectivity index is 2.01. The molecule has 0 saturated heterocycles. The monoisotopic (exact) mass is 308 g/mol. The van der Waals surface area contributed by atoms with E-state index in [0.717, 1.165) is 21.5 Å². The summed E-state index contributed by atoms with van der Waals surface area (Å²) in [5.41, 5.74) is 8.37. The summed E-state index contributed by atoms with van der Waals surface area (Å²) in [5, 5.41) is 7.98. The standard InChI is InChI=1S/C14H20N4O2S/c1-8(2)7-20-6-5-16-13(19)12-11(15)10-9(3)17-18(4)14(10)21-12/h1,5-7,15H2,2-4H3,(H,16,19). The lowest BCUT2D eigenvalue weighted by molar-refractivity contribution is 0.0931. The lowest BCUT2D eigenvalue weighted by Crippen LogP contribution is -2.27. The van der Waals surface area contributed by atoms with Crippen LogP contribution in [-0.4, -0.2) is 35.4 Å². The number of amides is 1. The summed E-state index contributed by atoms with van der Waals surface area (Å²) in [7, 11) is 1.85. The van der Waals surface area contributed by atoms with Gasteiger partial charge in [-0.05, 0) is 13.8 Å². The van der Waals surface area contributed by atoms with Gasteiger partial charge in [0.2, 0.25) is 0 Å². The number of aromatic nitrogens is 2. The van der Waals surface area contributed by atoms with E-state index < -0.39 is 0 Å². The van der Waals surface area contributed by atoms with Crippen LogP contribution < -0.4 is 11.1 Å². The average molecular weight is 308 g/mol. The Morgan fingerprint density at radius 1 is 1.57 bits per heavy atom. The first-order chi connectivity index (χ1) is 9.91. The first-order valence-corrected chi connectivity index (χ1v) is 7.45. The van der Waals surface area contributed by atoms with Gasteiger partial charge < -0.3 is 15.8 Å². The molecule has 2 aromatic heterocycles. The lowest BCUT2D eigenvalue weighted by Gasteiger charge is -2.06. The number of hydrogen-bond acceptors (Lipinski definition) is 5. The summed E-state index contributed by atoms with van der Waals surface area (Å²) in [6.45, 7) is 8.93. The predicted octanol–water partition coefficient (Wildman–Crippen LogP) is 1.85. The molecule has 0 radical (unpaired) electrons. The largest absolute Gasteiger partial charge is 0.397 e. The number of ether oxygens (including phenoxy) is 1. The number of thiophene rings is 1.